The zero-order chi connectivity index (χ0) is 21.4. The molecule has 1 aliphatic heterocycles. The molecule has 1 aromatic rings. The summed E-state index contributed by atoms with van der Waals surface area (Å²) in [5.41, 5.74) is 0.553. The summed E-state index contributed by atoms with van der Waals surface area (Å²) < 4.78 is 25.5. The molecule has 5 atom stereocenters. The van der Waals surface area contributed by atoms with Crippen molar-refractivity contribution in [2.45, 2.75) is 37.6 Å². The smallest absolute Gasteiger partial charge is 0.432 e. The fourth-order valence-corrected chi connectivity index (χ4v) is 2.71. The maximum absolute atomic E-state index is 11.7. The number of nitrogens with one attached hydrogen (secondary N) is 1. The standard InChI is InChI=1S/C18H25NO10/c1-10(21)19-11-3-5-12(6-4-11)28-18(24)27-8-7-26-17-15(23)14(22)16(25-2)13(9-20)29-17/h3-6,13-17,20,22-23H,7-9H2,1-2H3,(H,19,21)/t13?,14?,15-,16-,17?/m1/s1. The Morgan fingerprint density at radius 1 is 1.14 bits per heavy atom. The Hall–Kier alpha value is -2.28. The van der Waals surface area contributed by atoms with E-state index in [0.717, 1.165) is 0 Å². The van der Waals surface area contributed by atoms with E-state index in [2.05, 4.69) is 5.32 Å². The highest BCUT2D eigenvalue weighted by Gasteiger charge is 2.45. The first-order valence-electron chi connectivity index (χ1n) is 8.84. The number of rotatable bonds is 8. The predicted molar refractivity (Wildman–Crippen MR) is 97.2 cm³/mol. The highest BCUT2D eigenvalue weighted by Crippen LogP contribution is 2.23. The summed E-state index contributed by atoms with van der Waals surface area (Å²) in [5, 5.41) is 31.9. The van der Waals surface area contributed by atoms with E-state index in [-0.39, 0.29) is 24.9 Å². The minimum Gasteiger partial charge on any atom is -0.432 e. The highest BCUT2D eigenvalue weighted by atomic mass is 16.7. The number of hydrogen-bond acceptors (Lipinski definition) is 10. The number of carbonyl (C=O) groups is 2. The lowest BCUT2D eigenvalue weighted by molar-refractivity contribution is -0.305. The summed E-state index contributed by atoms with van der Waals surface area (Å²) >= 11 is 0. The molecule has 1 amide bonds. The first kappa shape index (κ1) is 23.0. The molecule has 0 aliphatic carbocycles. The molecule has 4 N–H and O–H groups in total. The molecule has 2 rings (SSSR count). The van der Waals surface area contributed by atoms with Crippen LogP contribution < -0.4 is 10.1 Å². The Balaban J connectivity index is 1.73. The molecular weight excluding hydrogens is 390 g/mol. The summed E-state index contributed by atoms with van der Waals surface area (Å²) in [7, 11) is 1.32. The molecule has 1 heterocycles. The monoisotopic (exact) mass is 415 g/mol. The maximum atomic E-state index is 11.7. The van der Waals surface area contributed by atoms with Crippen LogP contribution in [0.15, 0.2) is 24.3 Å². The molecule has 0 aromatic heterocycles. The fraction of sp³-hybridized carbons (Fsp3) is 0.556. The Kier molecular flexibility index (Phi) is 8.76. The maximum Gasteiger partial charge on any atom is 0.513 e. The summed E-state index contributed by atoms with van der Waals surface area (Å²) in [4.78, 5) is 22.6. The number of ether oxygens (including phenoxy) is 5. The van der Waals surface area contributed by atoms with Crippen molar-refractivity contribution in [1.82, 2.24) is 0 Å². The number of methoxy groups -OCH3 is 1. The van der Waals surface area contributed by atoms with Crippen LogP contribution in [0.25, 0.3) is 0 Å². The molecule has 11 nitrogen and oxygen atoms in total. The van der Waals surface area contributed by atoms with Crippen molar-refractivity contribution in [3.8, 4) is 5.75 Å². The number of carbonyl (C=O) groups excluding carboxylic acids is 2. The van der Waals surface area contributed by atoms with Crippen LogP contribution in [0, 0.1) is 0 Å². The van der Waals surface area contributed by atoms with Crippen molar-refractivity contribution in [2.75, 3.05) is 32.2 Å². The van der Waals surface area contributed by atoms with Crippen molar-refractivity contribution in [3.63, 3.8) is 0 Å². The van der Waals surface area contributed by atoms with Gasteiger partial charge in [0.15, 0.2) is 6.29 Å². The largest absolute Gasteiger partial charge is 0.513 e. The Bertz CT molecular complexity index is 665. The molecular formula is C18H25NO10. The number of aliphatic hydroxyl groups is 3. The molecule has 0 saturated carbocycles. The summed E-state index contributed by atoms with van der Waals surface area (Å²) in [6.45, 7) is 0.581. The van der Waals surface area contributed by atoms with E-state index in [1.165, 1.54) is 26.2 Å². The molecule has 1 aromatic carbocycles. The van der Waals surface area contributed by atoms with Crippen molar-refractivity contribution < 1.29 is 48.6 Å². The number of benzene rings is 1. The lowest BCUT2D eigenvalue weighted by atomic mass is 9.99. The third-order valence-electron chi connectivity index (χ3n) is 4.05. The number of hydrogen-bond donors (Lipinski definition) is 4. The van der Waals surface area contributed by atoms with Crippen LogP contribution in [-0.4, -0.2) is 85.0 Å². The molecule has 1 aliphatic rings. The van der Waals surface area contributed by atoms with Crippen LogP contribution in [0.5, 0.6) is 5.75 Å². The molecule has 11 heteroatoms. The number of aliphatic hydroxyl groups excluding tert-OH is 3. The van der Waals surface area contributed by atoms with Gasteiger partial charge in [-0.15, -0.1) is 0 Å². The average molecular weight is 415 g/mol. The molecule has 1 fully saturated rings. The van der Waals surface area contributed by atoms with E-state index in [0.29, 0.717) is 5.69 Å². The molecule has 0 bridgehead atoms. The van der Waals surface area contributed by atoms with Crippen LogP contribution >= 0.6 is 0 Å². The van der Waals surface area contributed by atoms with Gasteiger partial charge in [-0.1, -0.05) is 0 Å². The van der Waals surface area contributed by atoms with Gasteiger partial charge in [-0.25, -0.2) is 4.79 Å². The van der Waals surface area contributed by atoms with Gasteiger partial charge in [0.05, 0.1) is 13.2 Å². The number of anilines is 1. The van der Waals surface area contributed by atoms with Gasteiger partial charge in [-0.2, -0.15) is 0 Å². The van der Waals surface area contributed by atoms with Crippen molar-refractivity contribution in [1.29, 1.82) is 0 Å². The van der Waals surface area contributed by atoms with Crippen LogP contribution in [0.1, 0.15) is 6.92 Å². The highest BCUT2D eigenvalue weighted by molar-refractivity contribution is 5.88. The van der Waals surface area contributed by atoms with E-state index in [4.69, 9.17) is 23.7 Å². The fourth-order valence-electron chi connectivity index (χ4n) is 2.71. The average Bonchev–Trinajstić information content (AvgIpc) is 2.69. The van der Waals surface area contributed by atoms with Gasteiger partial charge < -0.3 is 44.3 Å². The van der Waals surface area contributed by atoms with Crippen LogP contribution in [-0.2, 0) is 23.7 Å². The lowest BCUT2D eigenvalue weighted by Crippen LogP contribution is -2.59. The molecule has 162 valence electrons. The van der Waals surface area contributed by atoms with E-state index >= 15 is 0 Å². The first-order chi connectivity index (χ1) is 13.8. The minimum absolute atomic E-state index is 0.152. The van der Waals surface area contributed by atoms with Crippen molar-refractivity contribution in [3.05, 3.63) is 24.3 Å². The topological polar surface area (TPSA) is 153 Å². The zero-order valence-electron chi connectivity index (χ0n) is 16.0. The van der Waals surface area contributed by atoms with Crippen LogP contribution in [0.3, 0.4) is 0 Å². The van der Waals surface area contributed by atoms with Gasteiger partial charge in [0.2, 0.25) is 5.91 Å². The Labute approximate surface area is 167 Å². The molecule has 0 radical (unpaired) electrons. The van der Waals surface area contributed by atoms with E-state index in [9.17, 15) is 24.9 Å². The van der Waals surface area contributed by atoms with Crippen molar-refractivity contribution >= 4 is 17.7 Å². The Morgan fingerprint density at radius 2 is 1.83 bits per heavy atom. The third kappa shape index (κ3) is 6.63. The normalized spacial score (nSPS) is 26.6. The second kappa shape index (κ2) is 11.0. The van der Waals surface area contributed by atoms with E-state index in [1.807, 2.05) is 0 Å². The van der Waals surface area contributed by atoms with Crippen LogP contribution in [0.2, 0.25) is 0 Å². The first-order valence-corrected chi connectivity index (χ1v) is 8.84. The molecule has 0 spiro atoms. The van der Waals surface area contributed by atoms with Gasteiger partial charge in [-0.3, -0.25) is 4.79 Å². The minimum atomic E-state index is -1.41. The molecule has 29 heavy (non-hydrogen) atoms. The summed E-state index contributed by atoms with van der Waals surface area (Å²) in [6.07, 6.45) is -6.71. The van der Waals surface area contributed by atoms with Gasteiger partial charge in [0, 0.05) is 19.7 Å². The Morgan fingerprint density at radius 3 is 2.41 bits per heavy atom. The zero-order valence-corrected chi connectivity index (χ0v) is 16.0. The van der Waals surface area contributed by atoms with Gasteiger partial charge in [-0.05, 0) is 24.3 Å². The van der Waals surface area contributed by atoms with Crippen LogP contribution in [0.4, 0.5) is 10.5 Å². The van der Waals surface area contributed by atoms with Gasteiger partial charge in [0.25, 0.3) is 0 Å². The molecule has 1 saturated heterocycles. The molecule has 3 unspecified atom stereocenters. The second-order valence-corrected chi connectivity index (χ2v) is 6.18. The van der Waals surface area contributed by atoms with Gasteiger partial charge in [0.1, 0.15) is 36.8 Å². The summed E-state index contributed by atoms with van der Waals surface area (Å²) in [6, 6.07) is 6.09. The number of amides is 1. The van der Waals surface area contributed by atoms with Crippen molar-refractivity contribution in [2.24, 2.45) is 0 Å². The van der Waals surface area contributed by atoms with E-state index in [1.54, 1.807) is 12.1 Å². The third-order valence-corrected chi connectivity index (χ3v) is 4.05. The lowest BCUT2D eigenvalue weighted by Gasteiger charge is -2.41. The second-order valence-electron chi connectivity index (χ2n) is 6.18. The van der Waals surface area contributed by atoms with Gasteiger partial charge >= 0.3 is 6.16 Å². The predicted octanol–water partition coefficient (Wildman–Crippen LogP) is -0.369. The van der Waals surface area contributed by atoms with E-state index < -0.39 is 43.5 Å². The quantitative estimate of drug-likeness (QED) is 0.251. The SMILES string of the molecule is CO[C@@H]1C(CO)OC(OCCOC(=O)Oc2ccc(NC(C)=O)cc2)[C@H](O)C1O. The summed E-state index contributed by atoms with van der Waals surface area (Å²) in [5.74, 6) is -0.00344.